The first kappa shape index (κ1) is 32.3. The number of halogens is 1. The third-order valence-electron chi connectivity index (χ3n) is 8.81. The number of carboxylic acids is 1. The molecule has 10 nitrogen and oxygen atoms in total. The second-order valence-corrected chi connectivity index (χ2v) is 11.5. The van der Waals surface area contributed by atoms with Gasteiger partial charge in [0.15, 0.2) is 0 Å². The number of piperidine rings is 1. The lowest BCUT2D eigenvalue weighted by Crippen LogP contribution is -2.75. The van der Waals surface area contributed by atoms with E-state index in [1.54, 1.807) is 4.90 Å². The van der Waals surface area contributed by atoms with E-state index >= 15 is 0 Å². The van der Waals surface area contributed by atoms with E-state index in [0.717, 1.165) is 18.4 Å². The van der Waals surface area contributed by atoms with Gasteiger partial charge in [-0.1, -0.05) is 37.6 Å². The van der Waals surface area contributed by atoms with Gasteiger partial charge in [-0.05, 0) is 67.9 Å². The van der Waals surface area contributed by atoms with E-state index in [9.17, 15) is 24.6 Å². The number of amides is 2. The molecule has 3 aliphatic rings. The van der Waals surface area contributed by atoms with Crippen molar-refractivity contribution in [3.05, 3.63) is 65.7 Å². The lowest BCUT2D eigenvalue weighted by Gasteiger charge is -2.52. The maximum Gasteiger partial charge on any atom is 0.339 e. The molecule has 1 aliphatic carbocycles. The number of benzene rings is 2. The van der Waals surface area contributed by atoms with Crippen LogP contribution in [0.2, 0.25) is 0 Å². The summed E-state index contributed by atoms with van der Waals surface area (Å²) in [6, 6.07) is 10.7. The number of carbonyl (C=O) groups excluding carboxylic acids is 2. The Morgan fingerprint density at radius 2 is 1.72 bits per heavy atom. The molecular formula is C32H40ClN3O7. The molecule has 2 aromatic rings. The number of carbonyl (C=O) groups is 3. The Balaban J connectivity index is 0.00000423. The molecule has 4 N–H and O–H groups in total. The Labute approximate surface area is 257 Å². The van der Waals surface area contributed by atoms with Crippen molar-refractivity contribution in [3.63, 3.8) is 0 Å². The minimum absolute atomic E-state index is 0. The molecule has 232 valence electrons. The van der Waals surface area contributed by atoms with Gasteiger partial charge >= 0.3 is 5.97 Å². The normalized spacial score (nSPS) is 21.0. The molecule has 0 saturated carbocycles. The number of allylic oxidation sites excluding steroid dienone is 2. The first-order valence-electron chi connectivity index (χ1n) is 14.7. The number of nitrogens with one attached hydrogen (secondary N) is 1. The van der Waals surface area contributed by atoms with Crippen LogP contribution in [0.3, 0.4) is 0 Å². The number of hydrogen-bond donors (Lipinski definition) is 4. The molecule has 0 unspecified atom stereocenters. The Bertz CT molecular complexity index is 1330. The molecule has 2 aliphatic heterocycles. The average Bonchev–Trinajstić information content (AvgIpc) is 3.52. The van der Waals surface area contributed by atoms with Crippen molar-refractivity contribution in [3.8, 4) is 17.2 Å². The Morgan fingerprint density at radius 3 is 2.33 bits per heavy atom. The van der Waals surface area contributed by atoms with Gasteiger partial charge in [0.2, 0.25) is 11.8 Å². The van der Waals surface area contributed by atoms with Crippen molar-refractivity contribution < 1.29 is 34.4 Å². The fraction of sp³-hybridized carbons (Fsp3) is 0.469. The van der Waals surface area contributed by atoms with Gasteiger partial charge in [-0.15, -0.1) is 12.4 Å². The molecule has 0 bridgehead atoms. The van der Waals surface area contributed by atoms with Gasteiger partial charge in [0.1, 0.15) is 34.4 Å². The molecule has 2 amide bonds. The van der Waals surface area contributed by atoms with Gasteiger partial charge in [-0.2, -0.15) is 0 Å². The van der Waals surface area contributed by atoms with Crippen LogP contribution in [0.25, 0.3) is 0 Å². The van der Waals surface area contributed by atoms with E-state index in [2.05, 4.69) is 17.1 Å². The Morgan fingerprint density at radius 1 is 1.07 bits per heavy atom. The minimum Gasteiger partial charge on any atom is -0.507 e. The molecule has 2 aromatic carbocycles. The Kier molecular flexibility index (Phi) is 10.4. The van der Waals surface area contributed by atoms with Crippen LogP contribution in [0.15, 0.2) is 54.6 Å². The van der Waals surface area contributed by atoms with E-state index in [4.69, 9.17) is 9.84 Å². The summed E-state index contributed by atoms with van der Waals surface area (Å²) in [6.07, 6.45) is 7.32. The van der Waals surface area contributed by atoms with Crippen molar-refractivity contribution in [2.45, 2.75) is 69.7 Å². The summed E-state index contributed by atoms with van der Waals surface area (Å²) in [6.45, 7) is 4.54. The SMILES string of the molecule is CCCCN1C(=O)[C@@H]([C@H](O)C2CC=CC2)NC(=O)C12CCN(Cc1ccc(Oc3ccc(C(=O)O)c(O)c3)cc1)CC2.Cl. The number of aliphatic hydroxyl groups is 1. The lowest BCUT2D eigenvalue weighted by molar-refractivity contribution is -0.165. The standard InChI is InChI=1S/C32H39N3O7.ClH/c1-2-3-16-35-29(38)27(28(37)22-6-4-5-7-22)33-31(41)32(35)14-17-34(18-15-32)20-21-8-10-23(11-9-21)42-24-12-13-25(30(39)40)26(36)19-24;/h4-5,8-13,19,22,27-28,36-37H,2-3,6-7,14-18,20H2,1H3,(H,33,41)(H,39,40);1H/t27-,28-;/m1./s1. The molecule has 1 spiro atoms. The molecule has 43 heavy (non-hydrogen) atoms. The van der Waals surface area contributed by atoms with Gasteiger partial charge in [-0.3, -0.25) is 14.5 Å². The van der Waals surface area contributed by atoms with Crippen LogP contribution < -0.4 is 10.1 Å². The zero-order valence-electron chi connectivity index (χ0n) is 24.3. The maximum atomic E-state index is 13.7. The van der Waals surface area contributed by atoms with Gasteiger partial charge < -0.3 is 30.3 Å². The van der Waals surface area contributed by atoms with E-state index < -0.39 is 23.7 Å². The monoisotopic (exact) mass is 613 g/mol. The number of nitrogens with zero attached hydrogens (tertiary/aromatic N) is 2. The highest BCUT2D eigenvalue weighted by Crippen LogP contribution is 2.36. The lowest BCUT2D eigenvalue weighted by atomic mass is 9.79. The van der Waals surface area contributed by atoms with Crippen molar-refractivity contribution in [2.24, 2.45) is 5.92 Å². The summed E-state index contributed by atoms with van der Waals surface area (Å²) >= 11 is 0. The number of unbranched alkanes of at least 4 members (excludes halogenated alkanes) is 1. The van der Waals surface area contributed by atoms with E-state index in [0.29, 0.717) is 63.4 Å². The van der Waals surface area contributed by atoms with E-state index in [1.807, 2.05) is 36.4 Å². The largest absolute Gasteiger partial charge is 0.507 e. The fourth-order valence-corrected chi connectivity index (χ4v) is 6.29. The second kappa shape index (κ2) is 13.8. The quantitative estimate of drug-likeness (QED) is 0.294. The van der Waals surface area contributed by atoms with Crippen LogP contribution in [-0.4, -0.2) is 80.2 Å². The highest BCUT2D eigenvalue weighted by Gasteiger charge is 2.55. The molecule has 2 heterocycles. The fourth-order valence-electron chi connectivity index (χ4n) is 6.29. The van der Waals surface area contributed by atoms with Crippen molar-refractivity contribution in [1.29, 1.82) is 0 Å². The summed E-state index contributed by atoms with van der Waals surface area (Å²) in [5, 5.41) is 32.9. The first-order chi connectivity index (χ1) is 20.2. The third kappa shape index (κ3) is 6.82. The number of piperazine rings is 1. The molecule has 0 radical (unpaired) electrons. The van der Waals surface area contributed by atoms with Crippen molar-refractivity contribution in [2.75, 3.05) is 19.6 Å². The molecular weight excluding hydrogens is 574 g/mol. The van der Waals surface area contributed by atoms with Crippen molar-refractivity contribution in [1.82, 2.24) is 15.1 Å². The van der Waals surface area contributed by atoms with Crippen LogP contribution >= 0.6 is 12.4 Å². The number of rotatable bonds is 10. The van der Waals surface area contributed by atoms with Crippen LogP contribution in [0, 0.1) is 5.92 Å². The van der Waals surface area contributed by atoms with Crippen LogP contribution in [-0.2, 0) is 16.1 Å². The van der Waals surface area contributed by atoms with Gasteiger partial charge in [0.25, 0.3) is 0 Å². The molecule has 2 saturated heterocycles. The minimum atomic E-state index is -1.21. The number of hydrogen-bond acceptors (Lipinski definition) is 7. The van der Waals surface area contributed by atoms with E-state index in [1.165, 1.54) is 18.2 Å². The predicted molar refractivity (Wildman–Crippen MR) is 162 cm³/mol. The predicted octanol–water partition coefficient (Wildman–Crippen LogP) is 4.09. The van der Waals surface area contributed by atoms with Gasteiger partial charge in [0, 0.05) is 32.2 Å². The van der Waals surface area contributed by atoms with Crippen LogP contribution in [0.4, 0.5) is 0 Å². The number of likely N-dealkylation sites (tertiary alicyclic amines) is 1. The summed E-state index contributed by atoms with van der Waals surface area (Å²) < 4.78 is 5.77. The summed E-state index contributed by atoms with van der Waals surface area (Å²) in [5.41, 5.74) is -0.0295. The molecule has 2 fully saturated rings. The zero-order chi connectivity index (χ0) is 29.9. The number of aromatic hydroxyl groups is 1. The molecule has 2 atom stereocenters. The number of aromatic carboxylic acids is 1. The van der Waals surface area contributed by atoms with E-state index in [-0.39, 0.29) is 41.5 Å². The average molecular weight is 614 g/mol. The number of phenols is 1. The van der Waals surface area contributed by atoms with Crippen LogP contribution in [0.5, 0.6) is 17.2 Å². The smallest absolute Gasteiger partial charge is 0.339 e. The molecule has 11 heteroatoms. The number of carboxylic acid groups (broad SMARTS) is 1. The van der Waals surface area contributed by atoms with Crippen molar-refractivity contribution >= 4 is 30.2 Å². The number of ether oxygens (including phenoxy) is 1. The highest BCUT2D eigenvalue weighted by atomic mass is 35.5. The molecule has 0 aromatic heterocycles. The van der Waals surface area contributed by atoms with Gasteiger partial charge in [0.05, 0.1) is 6.10 Å². The second-order valence-electron chi connectivity index (χ2n) is 11.5. The summed E-state index contributed by atoms with van der Waals surface area (Å²) in [7, 11) is 0. The third-order valence-corrected chi connectivity index (χ3v) is 8.81. The molecule has 5 rings (SSSR count). The zero-order valence-corrected chi connectivity index (χ0v) is 25.1. The van der Waals surface area contributed by atoms with Gasteiger partial charge in [-0.25, -0.2) is 4.79 Å². The summed E-state index contributed by atoms with van der Waals surface area (Å²) in [4.78, 5) is 42.5. The number of aliphatic hydroxyl groups excluding tert-OH is 1. The highest BCUT2D eigenvalue weighted by molar-refractivity contribution is 6.00. The first-order valence-corrected chi connectivity index (χ1v) is 14.7. The Hall–Kier alpha value is -3.60. The van der Waals surface area contributed by atoms with Crippen LogP contribution in [0.1, 0.15) is 61.4 Å². The summed E-state index contributed by atoms with van der Waals surface area (Å²) in [5.74, 6) is -1.07. The topological polar surface area (TPSA) is 140 Å². The maximum absolute atomic E-state index is 13.7.